The summed E-state index contributed by atoms with van der Waals surface area (Å²) in [6.07, 6.45) is 0. The Hall–Kier alpha value is -1.91. The van der Waals surface area contributed by atoms with Gasteiger partial charge in [-0.3, -0.25) is 0 Å². The van der Waals surface area contributed by atoms with E-state index in [0.29, 0.717) is 5.89 Å². The molecule has 1 heterocycles. The van der Waals surface area contributed by atoms with Crippen LogP contribution in [0.15, 0.2) is 22.7 Å². The highest BCUT2D eigenvalue weighted by Crippen LogP contribution is 2.22. The Balaban J connectivity index is 2.52. The van der Waals surface area contributed by atoms with Gasteiger partial charge in [-0.1, -0.05) is 5.16 Å². The van der Waals surface area contributed by atoms with E-state index in [1.165, 1.54) is 12.1 Å². The zero-order chi connectivity index (χ0) is 10.1. The van der Waals surface area contributed by atoms with Crippen LogP contribution >= 0.6 is 0 Å². The predicted octanol–water partition coefficient (Wildman–Crippen LogP) is 1.89. The molecular formula is C9H7FN2O2. The fraction of sp³-hybridized carbons (Fsp3) is 0.111. The van der Waals surface area contributed by atoms with Gasteiger partial charge < -0.3 is 9.63 Å². The molecule has 0 atom stereocenters. The fourth-order valence-electron chi connectivity index (χ4n) is 1.09. The molecule has 0 aliphatic rings. The summed E-state index contributed by atoms with van der Waals surface area (Å²) in [5, 5.41) is 12.6. The number of aromatic hydroxyl groups is 1. The van der Waals surface area contributed by atoms with E-state index >= 15 is 0 Å². The lowest BCUT2D eigenvalue weighted by Gasteiger charge is -1.97. The molecule has 0 bridgehead atoms. The van der Waals surface area contributed by atoms with E-state index in [2.05, 4.69) is 10.1 Å². The Labute approximate surface area is 79.0 Å². The number of aromatic nitrogens is 2. The third kappa shape index (κ3) is 1.44. The molecule has 0 aliphatic heterocycles. The van der Waals surface area contributed by atoms with E-state index in [1.54, 1.807) is 6.92 Å². The number of halogens is 1. The summed E-state index contributed by atoms with van der Waals surface area (Å²) in [6.45, 7) is 1.62. The molecule has 0 saturated heterocycles. The maximum atomic E-state index is 13.3. The van der Waals surface area contributed by atoms with Crippen LogP contribution in [0, 0.1) is 12.7 Å². The van der Waals surface area contributed by atoms with E-state index in [1.807, 2.05) is 0 Å². The highest BCUT2D eigenvalue weighted by Gasteiger charge is 2.11. The molecule has 1 aromatic heterocycles. The molecule has 14 heavy (non-hydrogen) atoms. The van der Waals surface area contributed by atoms with Gasteiger partial charge in [0.25, 0.3) is 0 Å². The number of phenolic OH excluding ortho intramolecular Hbond substituents is 1. The topological polar surface area (TPSA) is 59.2 Å². The van der Waals surface area contributed by atoms with Crippen molar-refractivity contribution in [3.63, 3.8) is 0 Å². The summed E-state index contributed by atoms with van der Waals surface area (Å²) in [5.74, 6) is -0.162. The van der Waals surface area contributed by atoms with Crippen molar-refractivity contribution in [1.82, 2.24) is 10.1 Å². The van der Waals surface area contributed by atoms with Crippen molar-refractivity contribution >= 4 is 0 Å². The van der Waals surface area contributed by atoms with Crippen molar-refractivity contribution in [3.05, 3.63) is 29.9 Å². The largest absolute Gasteiger partial charge is 0.508 e. The van der Waals surface area contributed by atoms with E-state index < -0.39 is 5.82 Å². The number of rotatable bonds is 1. The molecule has 2 aromatic rings. The van der Waals surface area contributed by atoms with Crippen molar-refractivity contribution in [2.45, 2.75) is 6.92 Å². The van der Waals surface area contributed by atoms with Crippen molar-refractivity contribution in [2.24, 2.45) is 0 Å². The molecule has 1 aromatic carbocycles. The van der Waals surface area contributed by atoms with Gasteiger partial charge in [-0.25, -0.2) is 4.39 Å². The van der Waals surface area contributed by atoms with Crippen LogP contribution < -0.4 is 0 Å². The lowest BCUT2D eigenvalue weighted by molar-refractivity contribution is 0.394. The van der Waals surface area contributed by atoms with Gasteiger partial charge in [0.2, 0.25) is 11.7 Å². The monoisotopic (exact) mass is 194 g/mol. The number of benzene rings is 1. The first-order valence-corrected chi connectivity index (χ1v) is 3.96. The Kier molecular flexibility index (Phi) is 1.92. The van der Waals surface area contributed by atoms with Gasteiger partial charge in [0.05, 0.1) is 5.56 Å². The average Bonchev–Trinajstić information content (AvgIpc) is 2.51. The molecular weight excluding hydrogens is 187 g/mol. The minimum absolute atomic E-state index is 0.133. The lowest BCUT2D eigenvalue weighted by Crippen LogP contribution is -1.85. The molecule has 1 N–H and O–H groups in total. The number of hydrogen-bond donors (Lipinski definition) is 1. The van der Waals surface area contributed by atoms with Crippen LogP contribution in [0.4, 0.5) is 4.39 Å². The highest BCUT2D eigenvalue weighted by molar-refractivity contribution is 5.56. The second-order valence-electron chi connectivity index (χ2n) is 2.80. The summed E-state index contributed by atoms with van der Waals surface area (Å²) >= 11 is 0. The molecule has 72 valence electrons. The molecule has 5 heteroatoms. The highest BCUT2D eigenvalue weighted by atomic mass is 19.1. The van der Waals surface area contributed by atoms with Crippen molar-refractivity contribution in [1.29, 1.82) is 0 Å². The molecule has 0 unspecified atom stereocenters. The molecule has 0 spiro atoms. The quantitative estimate of drug-likeness (QED) is 0.753. The molecule has 0 amide bonds. The Bertz CT molecular complexity index is 468. The number of hydrogen-bond acceptors (Lipinski definition) is 4. The van der Waals surface area contributed by atoms with Gasteiger partial charge >= 0.3 is 0 Å². The molecule has 2 rings (SSSR count). The third-order valence-electron chi connectivity index (χ3n) is 1.72. The van der Waals surface area contributed by atoms with Gasteiger partial charge in [0, 0.05) is 13.0 Å². The van der Waals surface area contributed by atoms with Gasteiger partial charge in [-0.05, 0) is 12.1 Å². The maximum Gasteiger partial charge on any atom is 0.223 e. The Morgan fingerprint density at radius 1 is 1.43 bits per heavy atom. The van der Waals surface area contributed by atoms with E-state index in [9.17, 15) is 4.39 Å². The summed E-state index contributed by atoms with van der Waals surface area (Å²) in [5.41, 5.74) is 0.208. The Morgan fingerprint density at radius 3 is 2.79 bits per heavy atom. The van der Waals surface area contributed by atoms with Crippen LogP contribution in [-0.2, 0) is 0 Å². The first-order chi connectivity index (χ1) is 6.66. The zero-order valence-electron chi connectivity index (χ0n) is 7.36. The molecule has 0 radical (unpaired) electrons. The van der Waals surface area contributed by atoms with E-state index in [4.69, 9.17) is 9.63 Å². The third-order valence-corrected chi connectivity index (χ3v) is 1.72. The standard InChI is InChI=1S/C9H7FN2O2/c1-5-11-9(12-14-5)7-3-2-6(13)4-8(7)10/h2-4,13H,1H3. The molecule has 0 saturated carbocycles. The van der Waals surface area contributed by atoms with Crippen LogP contribution in [0.25, 0.3) is 11.4 Å². The summed E-state index contributed by atoms with van der Waals surface area (Å²) in [6, 6.07) is 3.76. The van der Waals surface area contributed by atoms with Gasteiger partial charge in [-0.15, -0.1) is 0 Å². The normalized spacial score (nSPS) is 10.4. The van der Waals surface area contributed by atoms with Crippen molar-refractivity contribution in [2.75, 3.05) is 0 Å². The minimum Gasteiger partial charge on any atom is -0.508 e. The van der Waals surface area contributed by atoms with Gasteiger partial charge in [-0.2, -0.15) is 4.98 Å². The Morgan fingerprint density at radius 2 is 2.21 bits per heavy atom. The average molecular weight is 194 g/mol. The zero-order valence-corrected chi connectivity index (χ0v) is 7.36. The van der Waals surface area contributed by atoms with Crippen LogP contribution in [-0.4, -0.2) is 15.2 Å². The van der Waals surface area contributed by atoms with E-state index in [0.717, 1.165) is 6.07 Å². The summed E-state index contributed by atoms with van der Waals surface area (Å²) < 4.78 is 18.0. The molecule has 0 aliphatic carbocycles. The van der Waals surface area contributed by atoms with Crippen molar-refractivity contribution in [3.8, 4) is 17.1 Å². The smallest absolute Gasteiger partial charge is 0.223 e. The lowest BCUT2D eigenvalue weighted by atomic mass is 10.2. The second-order valence-corrected chi connectivity index (χ2v) is 2.80. The molecule has 0 fully saturated rings. The van der Waals surface area contributed by atoms with Crippen LogP contribution in [0.1, 0.15) is 5.89 Å². The van der Waals surface area contributed by atoms with Crippen molar-refractivity contribution < 1.29 is 14.0 Å². The van der Waals surface area contributed by atoms with Gasteiger partial charge in [0.15, 0.2) is 0 Å². The number of nitrogens with zero attached hydrogens (tertiary/aromatic N) is 2. The fourth-order valence-corrected chi connectivity index (χ4v) is 1.09. The van der Waals surface area contributed by atoms with Crippen LogP contribution in [0.2, 0.25) is 0 Å². The number of aryl methyl sites for hydroxylation is 1. The van der Waals surface area contributed by atoms with Crippen LogP contribution in [0.5, 0.6) is 5.75 Å². The summed E-state index contributed by atoms with van der Waals surface area (Å²) in [4.78, 5) is 3.87. The first-order valence-electron chi connectivity index (χ1n) is 3.96. The van der Waals surface area contributed by atoms with Crippen LogP contribution in [0.3, 0.4) is 0 Å². The summed E-state index contributed by atoms with van der Waals surface area (Å²) in [7, 11) is 0. The number of phenols is 1. The second kappa shape index (κ2) is 3.10. The molecule has 4 nitrogen and oxygen atoms in total. The minimum atomic E-state index is -0.578. The first kappa shape index (κ1) is 8.68. The van der Waals surface area contributed by atoms with E-state index in [-0.39, 0.29) is 17.1 Å². The van der Waals surface area contributed by atoms with Gasteiger partial charge in [0.1, 0.15) is 11.6 Å². The maximum absolute atomic E-state index is 13.3. The predicted molar refractivity (Wildman–Crippen MR) is 46.1 cm³/mol. The SMILES string of the molecule is Cc1nc(-c2ccc(O)cc2F)no1.